The first-order valence-corrected chi connectivity index (χ1v) is 11.7. The highest BCUT2D eigenvalue weighted by molar-refractivity contribution is 6.05. The molecule has 0 spiro atoms. The van der Waals surface area contributed by atoms with E-state index >= 15 is 0 Å². The topological polar surface area (TPSA) is 93.7 Å². The van der Waals surface area contributed by atoms with Crippen molar-refractivity contribution in [1.82, 2.24) is 0 Å². The molecule has 182 valence electrons. The molecule has 7 heteroatoms. The third-order valence-electron chi connectivity index (χ3n) is 5.14. The summed E-state index contributed by atoms with van der Waals surface area (Å²) in [6, 6.07) is 21.2. The van der Waals surface area contributed by atoms with Gasteiger partial charge in [0.2, 0.25) is 5.91 Å². The molecule has 0 atom stereocenters. The van der Waals surface area contributed by atoms with Gasteiger partial charge >= 0.3 is 0 Å². The van der Waals surface area contributed by atoms with Crippen molar-refractivity contribution in [1.29, 1.82) is 0 Å². The maximum absolute atomic E-state index is 12.7. The zero-order valence-corrected chi connectivity index (χ0v) is 20.0. The van der Waals surface area contributed by atoms with E-state index < -0.39 is 0 Å². The molecule has 35 heavy (non-hydrogen) atoms. The third-order valence-corrected chi connectivity index (χ3v) is 5.14. The summed E-state index contributed by atoms with van der Waals surface area (Å²) in [6.07, 6.45) is 0.887. The number of carbonyl (C=O) groups excluding carboxylic acids is 3. The third kappa shape index (κ3) is 7.43. The molecular weight excluding hydrogens is 444 g/mol. The molecule has 0 saturated heterocycles. The minimum atomic E-state index is -0.283. The zero-order valence-electron chi connectivity index (χ0n) is 20.0. The second-order valence-corrected chi connectivity index (χ2v) is 7.72. The molecule has 0 aliphatic rings. The van der Waals surface area contributed by atoms with Gasteiger partial charge in [0, 0.05) is 36.1 Å². The average Bonchev–Trinajstić information content (AvgIpc) is 2.87. The first kappa shape index (κ1) is 25.5. The Morgan fingerprint density at radius 2 is 1.20 bits per heavy atom. The molecule has 3 rings (SSSR count). The van der Waals surface area contributed by atoms with Crippen LogP contribution in [0.5, 0.6) is 11.5 Å². The number of amides is 2. The number of nitrogens with one attached hydrogen (secondary N) is 2. The summed E-state index contributed by atoms with van der Waals surface area (Å²) in [5.41, 5.74) is 2.03. The number of hydrogen-bond donors (Lipinski definition) is 2. The number of hydrogen-bond acceptors (Lipinski definition) is 5. The Bertz CT molecular complexity index is 1150. The average molecular weight is 475 g/mol. The number of carbonyl (C=O) groups is 3. The Balaban J connectivity index is 1.70. The molecule has 2 amide bonds. The van der Waals surface area contributed by atoms with Gasteiger partial charge in [-0.05, 0) is 32.4 Å². The highest BCUT2D eigenvalue weighted by Gasteiger charge is 2.17. The van der Waals surface area contributed by atoms with Gasteiger partial charge in [0.05, 0.1) is 24.6 Å². The summed E-state index contributed by atoms with van der Waals surface area (Å²) in [6.45, 7) is 4.41. The van der Waals surface area contributed by atoms with Crippen molar-refractivity contribution in [2.75, 3.05) is 23.8 Å². The second kappa shape index (κ2) is 12.9. The van der Waals surface area contributed by atoms with Crippen LogP contribution in [0.25, 0.3) is 0 Å². The smallest absolute Gasteiger partial charge is 0.255 e. The van der Waals surface area contributed by atoms with Crippen molar-refractivity contribution < 1.29 is 23.9 Å². The molecule has 3 aromatic rings. The minimum absolute atomic E-state index is 0.00514. The van der Waals surface area contributed by atoms with Crippen LogP contribution in [-0.2, 0) is 4.79 Å². The molecule has 0 fully saturated rings. The number of ether oxygens (including phenoxy) is 2. The van der Waals surface area contributed by atoms with E-state index in [4.69, 9.17) is 9.47 Å². The van der Waals surface area contributed by atoms with E-state index in [9.17, 15) is 14.4 Å². The first-order valence-electron chi connectivity index (χ1n) is 11.7. The van der Waals surface area contributed by atoms with Crippen molar-refractivity contribution in [3.63, 3.8) is 0 Å². The summed E-state index contributed by atoms with van der Waals surface area (Å²) >= 11 is 0. The Morgan fingerprint density at radius 1 is 0.686 bits per heavy atom. The highest BCUT2D eigenvalue weighted by Crippen LogP contribution is 2.37. The van der Waals surface area contributed by atoms with E-state index in [0.29, 0.717) is 53.6 Å². The van der Waals surface area contributed by atoms with Gasteiger partial charge in [0.1, 0.15) is 11.5 Å². The van der Waals surface area contributed by atoms with Crippen LogP contribution in [0.3, 0.4) is 0 Å². The largest absolute Gasteiger partial charge is 0.492 e. The molecule has 3 aromatic carbocycles. The standard InChI is InChI=1S/C28H30N2O5/c1-3-34-25-19-23(30-28(33)21-14-9-6-10-15-21)26(35-4-2)18-22(25)29-27(32)17-11-16-24(31)20-12-7-5-8-13-20/h5-10,12-15,18-19H,3-4,11,16-17H2,1-2H3,(H,29,32)(H,30,33). The molecule has 0 aliphatic heterocycles. The van der Waals surface area contributed by atoms with Gasteiger partial charge in [-0.15, -0.1) is 0 Å². The van der Waals surface area contributed by atoms with Crippen LogP contribution in [0.15, 0.2) is 72.8 Å². The van der Waals surface area contributed by atoms with Gasteiger partial charge in [-0.3, -0.25) is 14.4 Å². The molecule has 7 nitrogen and oxygen atoms in total. The van der Waals surface area contributed by atoms with E-state index in [1.54, 1.807) is 48.5 Å². The molecule has 0 aliphatic carbocycles. The predicted octanol–water partition coefficient (Wildman–Crippen LogP) is 5.73. The van der Waals surface area contributed by atoms with Crippen LogP contribution < -0.4 is 20.1 Å². The van der Waals surface area contributed by atoms with E-state index in [0.717, 1.165) is 0 Å². The fourth-order valence-corrected chi connectivity index (χ4v) is 3.48. The van der Waals surface area contributed by atoms with E-state index in [2.05, 4.69) is 10.6 Å². The lowest BCUT2D eigenvalue weighted by Gasteiger charge is -2.18. The summed E-state index contributed by atoms with van der Waals surface area (Å²) in [7, 11) is 0. The van der Waals surface area contributed by atoms with Crippen molar-refractivity contribution in [3.8, 4) is 11.5 Å². The molecule has 0 saturated carbocycles. The molecule has 0 heterocycles. The Morgan fingerprint density at radius 3 is 1.74 bits per heavy atom. The highest BCUT2D eigenvalue weighted by atomic mass is 16.5. The lowest BCUT2D eigenvalue weighted by atomic mass is 10.1. The Kier molecular flexibility index (Phi) is 9.42. The van der Waals surface area contributed by atoms with E-state index in [1.165, 1.54) is 0 Å². The fraction of sp³-hybridized carbons (Fsp3) is 0.250. The van der Waals surface area contributed by atoms with E-state index in [1.807, 2.05) is 38.1 Å². The molecule has 0 unspecified atom stereocenters. The van der Waals surface area contributed by atoms with Crippen LogP contribution in [0.2, 0.25) is 0 Å². The number of Topliss-reactive ketones (excluding diaryl/α,β-unsaturated/α-hetero) is 1. The predicted molar refractivity (Wildman–Crippen MR) is 136 cm³/mol. The zero-order chi connectivity index (χ0) is 25.0. The first-order chi connectivity index (χ1) is 17.0. The van der Waals surface area contributed by atoms with Gasteiger partial charge in [0.15, 0.2) is 5.78 Å². The summed E-state index contributed by atoms with van der Waals surface area (Å²) in [5.74, 6) is 0.303. The molecule has 0 radical (unpaired) electrons. The van der Waals surface area contributed by atoms with Crippen LogP contribution in [0.4, 0.5) is 11.4 Å². The lowest BCUT2D eigenvalue weighted by Crippen LogP contribution is -2.15. The van der Waals surface area contributed by atoms with Gasteiger partial charge in [-0.2, -0.15) is 0 Å². The minimum Gasteiger partial charge on any atom is -0.492 e. The normalized spacial score (nSPS) is 10.3. The fourth-order valence-electron chi connectivity index (χ4n) is 3.48. The summed E-state index contributed by atoms with van der Waals surface area (Å²) in [5, 5.41) is 5.71. The molecule has 0 bridgehead atoms. The van der Waals surface area contributed by atoms with Crippen LogP contribution >= 0.6 is 0 Å². The number of anilines is 2. The number of ketones is 1. The lowest BCUT2D eigenvalue weighted by molar-refractivity contribution is -0.116. The van der Waals surface area contributed by atoms with Crippen LogP contribution in [-0.4, -0.2) is 30.8 Å². The van der Waals surface area contributed by atoms with Crippen molar-refractivity contribution in [2.24, 2.45) is 0 Å². The van der Waals surface area contributed by atoms with Gasteiger partial charge < -0.3 is 20.1 Å². The Hall–Kier alpha value is -4.13. The number of rotatable bonds is 12. The maximum Gasteiger partial charge on any atom is 0.255 e. The SMILES string of the molecule is CCOc1cc(NC(=O)c2ccccc2)c(OCC)cc1NC(=O)CCCC(=O)c1ccccc1. The molecule has 0 aromatic heterocycles. The van der Waals surface area contributed by atoms with Gasteiger partial charge in [-0.1, -0.05) is 48.5 Å². The van der Waals surface area contributed by atoms with Crippen LogP contribution in [0, 0.1) is 0 Å². The molecular formula is C28H30N2O5. The van der Waals surface area contributed by atoms with Crippen molar-refractivity contribution in [2.45, 2.75) is 33.1 Å². The quantitative estimate of drug-likeness (QED) is 0.327. The summed E-state index contributed by atoms with van der Waals surface area (Å²) in [4.78, 5) is 37.6. The maximum atomic E-state index is 12.7. The number of benzene rings is 3. The van der Waals surface area contributed by atoms with E-state index in [-0.39, 0.29) is 30.4 Å². The van der Waals surface area contributed by atoms with Gasteiger partial charge in [-0.25, -0.2) is 0 Å². The van der Waals surface area contributed by atoms with Crippen molar-refractivity contribution in [3.05, 3.63) is 83.9 Å². The molecule has 2 N–H and O–H groups in total. The monoisotopic (exact) mass is 474 g/mol. The second-order valence-electron chi connectivity index (χ2n) is 7.72. The van der Waals surface area contributed by atoms with Crippen LogP contribution in [0.1, 0.15) is 53.8 Å². The van der Waals surface area contributed by atoms with Gasteiger partial charge in [0.25, 0.3) is 5.91 Å². The van der Waals surface area contributed by atoms with Crippen molar-refractivity contribution >= 4 is 29.0 Å². The Labute approximate surface area is 205 Å². The summed E-state index contributed by atoms with van der Waals surface area (Å²) < 4.78 is 11.4.